The van der Waals surface area contributed by atoms with E-state index < -0.39 is 0 Å². The fourth-order valence-electron chi connectivity index (χ4n) is 2.57. The van der Waals surface area contributed by atoms with Crippen LogP contribution in [0.15, 0.2) is 59.7 Å². The Balaban J connectivity index is 1.57. The van der Waals surface area contributed by atoms with E-state index >= 15 is 0 Å². The van der Waals surface area contributed by atoms with Gasteiger partial charge in [-0.15, -0.1) is 0 Å². The molecule has 2 aromatic carbocycles. The molecule has 0 radical (unpaired) electrons. The Morgan fingerprint density at radius 2 is 1.76 bits per heavy atom. The van der Waals surface area contributed by atoms with E-state index in [9.17, 15) is 4.79 Å². The number of nitrogens with one attached hydrogen (secondary N) is 2. The maximum Gasteiger partial charge on any atom is 0.289 e. The summed E-state index contributed by atoms with van der Waals surface area (Å²) in [5.41, 5.74) is 5.24. The number of H-pyrrole nitrogens is 1. The van der Waals surface area contributed by atoms with Gasteiger partial charge in [0, 0.05) is 5.56 Å². The third kappa shape index (κ3) is 5.68. The standard InChI is InChI=1S/C22H24N4O3/c1-3-13-29-19-11-7-17(8-12-19)20-14-21(25-24-20)22(27)26-23-15-16-5-9-18(10-6-16)28-4-2/h5-12,14-15H,3-4,13H2,1-2H3,(H,24,25)(H,26,27). The van der Waals surface area contributed by atoms with Gasteiger partial charge >= 0.3 is 0 Å². The summed E-state index contributed by atoms with van der Waals surface area (Å²) in [6, 6.07) is 16.7. The van der Waals surface area contributed by atoms with Gasteiger partial charge in [0.15, 0.2) is 0 Å². The van der Waals surface area contributed by atoms with Crippen molar-refractivity contribution in [1.29, 1.82) is 0 Å². The average molecular weight is 392 g/mol. The van der Waals surface area contributed by atoms with Crippen LogP contribution in [0.5, 0.6) is 11.5 Å². The first-order chi connectivity index (χ1) is 14.2. The third-order valence-electron chi connectivity index (χ3n) is 4.02. The van der Waals surface area contributed by atoms with Gasteiger partial charge in [0.1, 0.15) is 17.2 Å². The molecule has 2 N–H and O–H groups in total. The highest BCUT2D eigenvalue weighted by Crippen LogP contribution is 2.21. The molecule has 0 aliphatic rings. The lowest BCUT2D eigenvalue weighted by Crippen LogP contribution is -2.17. The summed E-state index contributed by atoms with van der Waals surface area (Å²) in [4.78, 5) is 12.3. The molecule has 29 heavy (non-hydrogen) atoms. The Hall–Kier alpha value is -3.61. The predicted octanol–water partition coefficient (Wildman–Crippen LogP) is 4.03. The van der Waals surface area contributed by atoms with Gasteiger partial charge in [-0.25, -0.2) is 5.43 Å². The van der Waals surface area contributed by atoms with Crippen LogP contribution in [0.3, 0.4) is 0 Å². The van der Waals surface area contributed by atoms with Crippen molar-refractivity contribution in [3.8, 4) is 22.8 Å². The zero-order chi connectivity index (χ0) is 20.5. The molecule has 1 heterocycles. The maximum absolute atomic E-state index is 12.3. The van der Waals surface area contributed by atoms with E-state index in [0.717, 1.165) is 29.0 Å². The number of carbonyl (C=O) groups is 1. The molecule has 1 aromatic heterocycles. The summed E-state index contributed by atoms with van der Waals surface area (Å²) in [5.74, 6) is 1.24. The van der Waals surface area contributed by atoms with Crippen molar-refractivity contribution in [2.75, 3.05) is 13.2 Å². The number of hydrogen-bond acceptors (Lipinski definition) is 5. The number of amides is 1. The van der Waals surface area contributed by atoms with Crippen molar-refractivity contribution in [2.24, 2.45) is 5.10 Å². The summed E-state index contributed by atoms with van der Waals surface area (Å²) < 4.78 is 11.0. The number of rotatable bonds is 9. The second-order valence-electron chi connectivity index (χ2n) is 6.24. The van der Waals surface area contributed by atoms with Crippen molar-refractivity contribution in [1.82, 2.24) is 15.6 Å². The van der Waals surface area contributed by atoms with Gasteiger partial charge < -0.3 is 9.47 Å². The molecular formula is C22H24N4O3. The van der Waals surface area contributed by atoms with E-state index in [4.69, 9.17) is 9.47 Å². The van der Waals surface area contributed by atoms with Crippen LogP contribution in [0.2, 0.25) is 0 Å². The zero-order valence-corrected chi connectivity index (χ0v) is 16.5. The number of aromatic nitrogens is 2. The van der Waals surface area contributed by atoms with Crippen LogP contribution < -0.4 is 14.9 Å². The smallest absolute Gasteiger partial charge is 0.289 e. The second-order valence-corrected chi connectivity index (χ2v) is 6.24. The molecule has 0 spiro atoms. The molecule has 0 saturated carbocycles. The Morgan fingerprint density at radius 1 is 1.07 bits per heavy atom. The summed E-state index contributed by atoms with van der Waals surface area (Å²) in [5, 5.41) is 10.9. The van der Waals surface area contributed by atoms with E-state index in [-0.39, 0.29) is 5.91 Å². The lowest BCUT2D eigenvalue weighted by Gasteiger charge is -2.04. The first-order valence-corrected chi connectivity index (χ1v) is 9.54. The van der Waals surface area contributed by atoms with E-state index in [1.807, 2.05) is 55.5 Å². The van der Waals surface area contributed by atoms with Crippen molar-refractivity contribution >= 4 is 12.1 Å². The molecule has 0 aliphatic carbocycles. The summed E-state index contributed by atoms with van der Waals surface area (Å²) >= 11 is 0. The summed E-state index contributed by atoms with van der Waals surface area (Å²) in [6.45, 7) is 5.30. The second kappa shape index (κ2) is 10.1. The topological polar surface area (TPSA) is 88.6 Å². The number of aromatic amines is 1. The van der Waals surface area contributed by atoms with Crippen molar-refractivity contribution in [2.45, 2.75) is 20.3 Å². The van der Waals surface area contributed by atoms with Crippen molar-refractivity contribution in [3.05, 3.63) is 65.9 Å². The number of nitrogens with zero attached hydrogens (tertiary/aromatic N) is 2. The molecule has 0 bridgehead atoms. The number of carbonyl (C=O) groups excluding carboxylic acids is 1. The van der Waals surface area contributed by atoms with Gasteiger partial charge in [0.2, 0.25) is 0 Å². The number of benzene rings is 2. The molecule has 7 nitrogen and oxygen atoms in total. The van der Waals surface area contributed by atoms with Gasteiger partial charge in [-0.2, -0.15) is 10.2 Å². The first-order valence-electron chi connectivity index (χ1n) is 9.54. The first kappa shape index (κ1) is 20.1. The van der Waals surface area contributed by atoms with E-state index in [0.29, 0.717) is 24.6 Å². The molecule has 0 atom stereocenters. The molecule has 0 aliphatic heterocycles. The number of ether oxygens (including phenoxy) is 2. The van der Waals surface area contributed by atoms with E-state index in [1.165, 1.54) is 0 Å². The molecule has 3 aromatic rings. The molecule has 1 amide bonds. The molecule has 0 fully saturated rings. The lowest BCUT2D eigenvalue weighted by molar-refractivity contribution is 0.0950. The molecule has 150 valence electrons. The van der Waals surface area contributed by atoms with Crippen LogP contribution in [-0.2, 0) is 0 Å². The molecule has 3 rings (SSSR count). The fraction of sp³-hybridized carbons (Fsp3) is 0.227. The summed E-state index contributed by atoms with van der Waals surface area (Å²) in [7, 11) is 0. The van der Waals surface area contributed by atoms with Crippen LogP contribution in [0, 0.1) is 0 Å². The minimum Gasteiger partial charge on any atom is -0.494 e. The van der Waals surface area contributed by atoms with Crippen LogP contribution in [0.1, 0.15) is 36.3 Å². The highest BCUT2D eigenvalue weighted by atomic mass is 16.5. The van der Waals surface area contributed by atoms with E-state index in [1.54, 1.807) is 12.3 Å². The normalized spacial score (nSPS) is 10.8. The van der Waals surface area contributed by atoms with Crippen molar-refractivity contribution in [3.63, 3.8) is 0 Å². The molecular weight excluding hydrogens is 368 g/mol. The van der Waals surface area contributed by atoms with Gasteiger partial charge in [0.25, 0.3) is 5.91 Å². The maximum atomic E-state index is 12.3. The SMILES string of the molecule is CCCOc1ccc(-c2cc(C(=O)NN=Cc3ccc(OCC)cc3)[nH]n2)cc1. The van der Waals surface area contributed by atoms with Gasteiger partial charge in [-0.1, -0.05) is 6.92 Å². The van der Waals surface area contributed by atoms with Crippen LogP contribution in [0.4, 0.5) is 0 Å². The molecule has 0 unspecified atom stereocenters. The largest absolute Gasteiger partial charge is 0.494 e. The Labute approximate surface area is 169 Å². The Bertz CT molecular complexity index is 947. The molecule has 0 saturated heterocycles. The number of hydrazone groups is 1. The fourth-order valence-corrected chi connectivity index (χ4v) is 2.57. The minimum absolute atomic E-state index is 0.329. The van der Waals surface area contributed by atoms with Crippen molar-refractivity contribution < 1.29 is 14.3 Å². The van der Waals surface area contributed by atoms with Gasteiger partial charge in [-0.3, -0.25) is 9.89 Å². The minimum atomic E-state index is -0.367. The van der Waals surface area contributed by atoms with Gasteiger partial charge in [-0.05, 0) is 73.5 Å². The lowest BCUT2D eigenvalue weighted by atomic mass is 10.1. The summed E-state index contributed by atoms with van der Waals surface area (Å²) in [6.07, 6.45) is 2.53. The van der Waals surface area contributed by atoms with Crippen LogP contribution >= 0.6 is 0 Å². The zero-order valence-electron chi connectivity index (χ0n) is 16.5. The predicted molar refractivity (Wildman–Crippen MR) is 112 cm³/mol. The Morgan fingerprint density at radius 3 is 2.45 bits per heavy atom. The Kier molecular flexibility index (Phi) is 7.00. The monoisotopic (exact) mass is 392 g/mol. The van der Waals surface area contributed by atoms with Gasteiger partial charge in [0.05, 0.1) is 25.1 Å². The van der Waals surface area contributed by atoms with E-state index in [2.05, 4.69) is 27.6 Å². The van der Waals surface area contributed by atoms with Crippen LogP contribution in [-0.4, -0.2) is 35.5 Å². The number of hydrogen-bond donors (Lipinski definition) is 2. The quantitative estimate of drug-likeness (QED) is 0.425. The third-order valence-corrected chi connectivity index (χ3v) is 4.02. The van der Waals surface area contributed by atoms with Crippen LogP contribution in [0.25, 0.3) is 11.3 Å². The highest BCUT2D eigenvalue weighted by molar-refractivity contribution is 5.94. The molecule has 7 heteroatoms. The average Bonchev–Trinajstić information content (AvgIpc) is 3.24. The highest BCUT2D eigenvalue weighted by Gasteiger charge is 2.10.